The van der Waals surface area contributed by atoms with Gasteiger partial charge in [0.1, 0.15) is 5.75 Å². The van der Waals surface area contributed by atoms with Crippen LogP contribution in [0.15, 0.2) is 24.3 Å². The molecule has 1 fully saturated rings. The molecule has 0 radical (unpaired) electrons. The minimum atomic E-state index is -0.731. The average Bonchev–Trinajstić information content (AvgIpc) is 2.59. The van der Waals surface area contributed by atoms with Crippen molar-refractivity contribution in [3.8, 4) is 5.75 Å². The van der Waals surface area contributed by atoms with Gasteiger partial charge in [0.2, 0.25) is 11.7 Å². The largest absolute Gasteiger partial charge is 0.495 e. The Morgan fingerprint density at radius 2 is 1.78 bits per heavy atom. The Morgan fingerprint density at radius 1 is 1.13 bits per heavy atom. The molecular formula is C16H21N3O4. The average molecular weight is 319 g/mol. The summed E-state index contributed by atoms with van der Waals surface area (Å²) in [5, 5.41) is 2.33. The van der Waals surface area contributed by atoms with E-state index in [-0.39, 0.29) is 12.5 Å². The van der Waals surface area contributed by atoms with Gasteiger partial charge in [-0.1, -0.05) is 12.1 Å². The van der Waals surface area contributed by atoms with E-state index >= 15 is 0 Å². The number of hydrogen-bond donors (Lipinski definition) is 1. The van der Waals surface area contributed by atoms with Crippen LogP contribution in [0.25, 0.3) is 0 Å². The highest BCUT2D eigenvalue weighted by Gasteiger charge is 2.23. The van der Waals surface area contributed by atoms with E-state index in [0.717, 1.165) is 11.4 Å². The Labute approximate surface area is 135 Å². The number of piperazine rings is 1. The minimum absolute atomic E-state index is 0.146. The number of amides is 2. The van der Waals surface area contributed by atoms with Gasteiger partial charge >= 0.3 is 0 Å². The molecule has 7 heteroatoms. The van der Waals surface area contributed by atoms with Crippen molar-refractivity contribution in [2.24, 2.45) is 0 Å². The summed E-state index contributed by atoms with van der Waals surface area (Å²) in [4.78, 5) is 37.9. The van der Waals surface area contributed by atoms with E-state index in [2.05, 4.69) is 10.2 Å². The van der Waals surface area contributed by atoms with Crippen molar-refractivity contribution in [3.63, 3.8) is 0 Å². The Bertz CT molecular complexity index is 595. The van der Waals surface area contributed by atoms with Gasteiger partial charge in [0.15, 0.2) is 0 Å². The molecule has 1 aromatic rings. The van der Waals surface area contributed by atoms with Crippen LogP contribution in [0.3, 0.4) is 0 Å². The zero-order valence-electron chi connectivity index (χ0n) is 13.4. The van der Waals surface area contributed by atoms with Crippen LogP contribution < -0.4 is 15.0 Å². The van der Waals surface area contributed by atoms with Crippen LogP contribution in [-0.4, -0.2) is 62.3 Å². The number of rotatable bonds is 5. The molecule has 1 aromatic carbocycles. The third-order valence-electron chi connectivity index (χ3n) is 3.78. The van der Waals surface area contributed by atoms with Crippen molar-refractivity contribution in [3.05, 3.63) is 24.3 Å². The number of Topliss-reactive ketones (excluding diaryl/α,β-unsaturated/α-hetero) is 1. The van der Waals surface area contributed by atoms with Crippen LogP contribution >= 0.6 is 0 Å². The second-order valence-electron chi connectivity index (χ2n) is 5.28. The zero-order chi connectivity index (χ0) is 16.8. The van der Waals surface area contributed by atoms with Crippen LogP contribution in [0.1, 0.15) is 6.92 Å². The molecule has 0 bridgehead atoms. The first-order chi connectivity index (χ1) is 11.0. The summed E-state index contributed by atoms with van der Waals surface area (Å²) in [6, 6.07) is 7.76. The summed E-state index contributed by atoms with van der Waals surface area (Å²) in [6.07, 6.45) is 0. The highest BCUT2D eigenvalue weighted by molar-refractivity contribution is 6.35. The first-order valence-corrected chi connectivity index (χ1v) is 7.47. The SMILES string of the molecule is COc1ccccc1N1CCN(C(=O)CNC(=O)C(C)=O)CC1. The molecule has 0 saturated carbocycles. The predicted octanol–water partition coefficient (Wildman–Crippen LogP) is 0.0490. The molecule has 124 valence electrons. The lowest BCUT2D eigenvalue weighted by atomic mass is 10.2. The molecule has 7 nitrogen and oxygen atoms in total. The van der Waals surface area contributed by atoms with Crippen LogP contribution in [0, 0.1) is 0 Å². The maximum Gasteiger partial charge on any atom is 0.287 e. The van der Waals surface area contributed by atoms with Crippen molar-refractivity contribution in [1.29, 1.82) is 0 Å². The number of carbonyl (C=O) groups excluding carboxylic acids is 3. The number of hydrogen-bond acceptors (Lipinski definition) is 5. The van der Waals surface area contributed by atoms with Crippen LogP contribution in [0.5, 0.6) is 5.75 Å². The standard InChI is InChI=1S/C16H21N3O4/c1-12(20)16(22)17-11-15(21)19-9-7-18(8-10-19)13-5-3-4-6-14(13)23-2/h3-6H,7-11H2,1-2H3,(H,17,22). The number of carbonyl (C=O) groups is 3. The van der Waals surface area contributed by atoms with Crippen molar-refractivity contribution < 1.29 is 19.1 Å². The fourth-order valence-electron chi connectivity index (χ4n) is 2.48. The number of methoxy groups -OCH3 is 1. The van der Waals surface area contributed by atoms with E-state index in [0.29, 0.717) is 26.2 Å². The van der Waals surface area contributed by atoms with E-state index in [4.69, 9.17) is 4.74 Å². The summed E-state index contributed by atoms with van der Waals surface area (Å²) in [7, 11) is 1.64. The predicted molar refractivity (Wildman–Crippen MR) is 85.5 cm³/mol. The van der Waals surface area contributed by atoms with Gasteiger partial charge in [-0.05, 0) is 12.1 Å². The van der Waals surface area contributed by atoms with E-state index < -0.39 is 11.7 Å². The Balaban J connectivity index is 1.87. The van der Waals surface area contributed by atoms with Crippen molar-refractivity contribution in [1.82, 2.24) is 10.2 Å². The van der Waals surface area contributed by atoms with Crippen LogP contribution in [-0.2, 0) is 14.4 Å². The van der Waals surface area contributed by atoms with Gasteiger partial charge in [-0.25, -0.2) is 0 Å². The number of benzene rings is 1. The summed E-state index contributed by atoms with van der Waals surface area (Å²) in [6.45, 7) is 3.53. The molecule has 1 saturated heterocycles. The van der Waals surface area contributed by atoms with Crippen LogP contribution in [0.2, 0.25) is 0 Å². The third-order valence-corrected chi connectivity index (χ3v) is 3.78. The molecule has 1 heterocycles. The number of nitrogens with zero attached hydrogens (tertiary/aromatic N) is 2. The maximum absolute atomic E-state index is 12.0. The number of ether oxygens (including phenoxy) is 1. The molecule has 1 aliphatic heterocycles. The number of nitrogens with one attached hydrogen (secondary N) is 1. The summed E-state index contributed by atoms with van der Waals surface area (Å²) >= 11 is 0. The lowest BCUT2D eigenvalue weighted by molar-refractivity contribution is -0.138. The van der Waals surface area contributed by atoms with Gasteiger partial charge in [0.25, 0.3) is 5.91 Å². The topological polar surface area (TPSA) is 79.0 Å². The Kier molecular flexibility index (Phi) is 5.56. The molecule has 0 spiro atoms. The van der Waals surface area contributed by atoms with E-state index in [1.807, 2.05) is 24.3 Å². The second kappa shape index (κ2) is 7.62. The van der Waals surface area contributed by atoms with Crippen molar-refractivity contribution in [2.45, 2.75) is 6.92 Å². The smallest absolute Gasteiger partial charge is 0.287 e. The fraction of sp³-hybridized carbons (Fsp3) is 0.438. The fourth-order valence-corrected chi connectivity index (χ4v) is 2.48. The van der Waals surface area contributed by atoms with Gasteiger partial charge in [-0.15, -0.1) is 0 Å². The molecule has 0 atom stereocenters. The van der Waals surface area contributed by atoms with Gasteiger partial charge in [-0.2, -0.15) is 0 Å². The number of anilines is 1. The van der Waals surface area contributed by atoms with Gasteiger partial charge in [0.05, 0.1) is 19.3 Å². The molecule has 2 amide bonds. The highest BCUT2D eigenvalue weighted by atomic mass is 16.5. The normalized spacial score (nSPS) is 14.3. The molecule has 0 aliphatic carbocycles. The summed E-state index contributed by atoms with van der Waals surface area (Å²) in [5.41, 5.74) is 1.01. The van der Waals surface area contributed by atoms with Gasteiger partial charge < -0.3 is 19.9 Å². The van der Waals surface area contributed by atoms with Gasteiger partial charge in [-0.3, -0.25) is 14.4 Å². The zero-order valence-corrected chi connectivity index (χ0v) is 13.4. The molecule has 0 aromatic heterocycles. The monoisotopic (exact) mass is 319 g/mol. The van der Waals surface area contributed by atoms with E-state index in [1.54, 1.807) is 12.0 Å². The Morgan fingerprint density at radius 3 is 2.39 bits per heavy atom. The lowest BCUT2D eigenvalue weighted by Gasteiger charge is -2.36. The first-order valence-electron chi connectivity index (χ1n) is 7.47. The summed E-state index contributed by atoms with van der Waals surface area (Å²) < 4.78 is 5.36. The van der Waals surface area contributed by atoms with Crippen LogP contribution in [0.4, 0.5) is 5.69 Å². The number of para-hydroxylation sites is 2. The molecule has 23 heavy (non-hydrogen) atoms. The first kappa shape index (κ1) is 16.8. The Hall–Kier alpha value is -2.57. The molecular weight excluding hydrogens is 298 g/mol. The molecule has 1 aliphatic rings. The van der Waals surface area contributed by atoms with E-state index in [9.17, 15) is 14.4 Å². The maximum atomic E-state index is 12.0. The molecule has 2 rings (SSSR count). The quantitative estimate of drug-likeness (QED) is 0.776. The van der Waals surface area contributed by atoms with Crippen molar-refractivity contribution in [2.75, 3.05) is 44.7 Å². The lowest BCUT2D eigenvalue weighted by Crippen LogP contribution is -2.51. The second-order valence-corrected chi connectivity index (χ2v) is 5.28. The molecule has 1 N–H and O–H groups in total. The van der Waals surface area contributed by atoms with E-state index in [1.165, 1.54) is 6.92 Å². The molecule has 0 unspecified atom stereocenters. The summed E-state index contributed by atoms with van der Waals surface area (Å²) in [5.74, 6) is -0.704. The number of ketones is 1. The highest BCUT2D eigenvalue weighted by Crippen LogP contribution is 2.28. The van der Waals surface area contributed by atoms with Gasteiger partial charge in [0, 0.05) is 33.1 Å². The minimum Gasteiger partial charge on any atom is -0.495 e. The van der Waals surface area contributed by atoms with Crippen molar-refractivity contribution >= 4 is 23.3 Å². The third kappa shape index (κ3) is 4.21.